The van der Waals surface area contributed by atoms with Crippen molar-refractivity contribution in [3.05, 3.63) is 34.6 Å². The molecule has 0 spiro atoms. The monoisotopic (exact) mass is 276 g/mol. The van der Waals surface area contributed by atoms with Crippen LogP contribution in [0.15, 0.2) is 34.0 Å². The van der Waals surface area contributed by atoms with Crippen molar-refractivity contribution in [2.75, 3.05) is 6.67 Å². The van der Waals surface area contributed by atoms with E-state index >= 15 is 0 Å². The lowest BCUT2D eigenvalue weighted by atomic mass is 10.1. The van der Waals surface area contributed by atoms with Crippen LogP contribution in [-0.4, -0.2) is 22.9 Å². The quantitative estimate of drug-likeness (QED) is 0.840. The molecule has 16 heavy (non-hydrogen) atoms. The molecule has 0 radical (unpaired) electrons. The van der Waals surface area contributed by atoms with Crippen LogP contribution in [0.5, 0.6) is 0 Å². The summed E-state index contributed by atoms with van der Waals surface area (Å²) in [6.45, 7) is 0.625. The molecule has 0 aliphatic carbocycles. The smallest absolute Gasteiger partial charge is 0.137 e. The largest absolute Gasteiger partial charge is 0.366 e. The van der Waals surface area contributed by atoms with Crippen LogP contribution in [0.1, 0.15) is 5.56 Å². The number of fused-ring (bicyclic) bond motifs is 1. The molecule has 0 fully saturated rings. The van der Waals surface area contributed by atoms with E-state index in [-0.39, 0.29) is 0 Å². The second kappa shape index (κ2) is 3.75. The minimum atomic E-state index is 0.625. The van der Waals surface area contributed by atoms with E-state index in [0.29, 0.717) is 6.67 Å². The Morgan fingerprint density at radius 3 is 3.12 bits per heavy atom. The van der Waals surface area contributed by atoms with E-state index in [1.165, 1.54) is 0 Å². The van der Waals surface area contributed by atoms with Crippen molar-refractivity contribution in [3.8, 4) is 0 Å². The standard InChI is InChI=1S/C11H9BrN4/c12-7-3-8-9(5-15-11(8)14-4-7)10-1-2-13-6-16-10/h1-5,16H,6H2,(H,14,15). The molecule has 0 bridgehead atoms. The maximum Gasteiger partial charge on any atom is 0.137 e. The third-order valence-corrected chi connectivity index (χ3v) is 2.93. The minimum absolute atomic E-state index is 0.625. The number of rotatable bonds is 1. The first-order valence-corrected chi connectivity index (χ1v) is 5.71. The van der Waals surface area contributed by atoms with E-state index in [0.717, 1.165) is 26.8 Å². The number of nitrogens with zero attached hydrogens (tertiary/aromatic N) is 2. The van der Waals surface area contributed by atoms with Gasteiger partial charge in [-0.25, -0.2) is 4.98 Å². The summed E-state index contributed by atoms with van der Waals surface area (Å²) in [7, 11) is 0. The molecule has 1 aliphatic rings. The molecule has 3 heterocycles. The fraction of sp³-hybridized carbons (Fsp3) is 0.0909. The van der Waals surface area contributed by atoms with Crippen LogP contribution in [0.25, 0.3) is 16.7 Å². The normalized spacial score (nSPS) is 14.9. The van der Waals surface area contributed by atoms with Gasteiger partial charge in [-0.15, -0.1) is 0 Å². The first-order valence-electron chi connectivity index (χ1n) is 4.91. The van der Waals surface area contributed by atoms with Crippen molar-refractivity contribution in [3.63, 3.8) is 0 Å². The second-order valence-corrected chi connectivity index (χ2v) is 4.41. The van der Waals surface area contributed by atoms with E-state index in [2.05, 4.69) is 42.3 Å². The zero-order chi connectivity index (χ0) is 11.0. The van der Waals surface area contributed by atoms with Gasteiger partial charge in [-0.2, -0.15) is 0 Å². The summed E-state index contributed by atoms with van der Waals surface area (Å²) >= 11 is 3.43. The first-order chi connectivity index (χ1) is 7.84. The highest BCUT2D eigenvalue weighted by molar-refractivity contribution is 9.10. The molecular formula is C11H9BrN4. The molecule has 0 aromatic carbocycles. The Morgan fingerprint density at radius 1 is 1.38 bits per heavy atom. The van der Waals surface area contributed by atoms with E-state index in [4.69, 9.17) is 0 Å². The van der Waals surface area contributed by atoms with Crippen LogP contribution in [0, 0.1) is 0 Å². The number of nitrogens with one attached hydrogen (secondary N) is 2. The molecule has 0 unspecified atom stereocenters. The first kappa shape index (κ1) is 9.59. The Balaban J connectivity index is 2.20. The Bertz CT molecular complexity index is 597. The molecule has 4 nitrogen and oxygen atoms in total. The number of allylic oxidation sites excluding steroid dienone is 1. The summed E-state index contributed by atoms with van der Waals surface area (Å²) < 4.78 is 0.978. The van der Waals surface area contributed by atoms with Crippen molar-refractivity contribution >= 4 is 38.9 Å². The van der Waals surface area contributed by atoms with E-state index in [1.54, 1.807) is 6.20 Å². The van der Waals surface area contributed by atoms with Gasteiger partial charge in [-0.1, -0.05) is 0 Å². The molecule has 3 rings (SSSR count). The van der Waals surface area contributed by atoms with Gasteiger partial charge in [0.1, 0.15) is 12.3 Å². The van der Waals surface area contributed by atoms with Crippen molar-refractivity contribution < 1.29 is 0 Å². The van der Waals surface area contributed by atoms with Crippen LogP contribution in [0.3, 0.4) is 0 Å². The minimum Gasteiger partial charge on any atom is -0.366 e. The zero-order valence-electron chi connectivity index (χ0n) is 8.37. The number of hydrogen-bond donors (Lipinski definition) is 2. The Hall–Kier alpha value is -1.62. The molecule has 80 valence electrons. The van der Waals surface area contributed by atoms with Crippen molar-refractivity contribution in [2.45, 2.75) is 0 Å². The van der Waals surface area contributed by atoms with Crippen LogP contribution < -0.4 is 5.32 Å². The van der Waals surface area contributed by atoms with E-state index in [9.17, 15) is 0 Å². The molecule has 0 saturated carbocycles. The van der Waals surface area contributed by atoms with Crippen LogP contribution in [-0.2, 0) is 0 Å². The molecule has 5 heteroatoms. The van der Waals surface area contributed by atoms with Crippen molar-refractivity contribution in [2.24, 2.45) is 4.99 Å². The molecule has 2 aromatic heterocycles. The highest BCUT2D eigenvalue weighted by atomic mass is 79.9. The number of hydrogen-bond acceptors (Lipinski definition) is 3. The number of aromatic amines is 1. The van der Waals surface area contributed by atoms with E-state index < -0.39 is 0 Å². The van der Waals surface area contributed by atoms with Crippen molar-refractivity contribution in [1.82, 2.24) is 15.3 Å². The van der Waals surface area contributed by atoms with Gasteiger partial charge >= 0.3 is 0 Å². The predicted octanol–water partition coefficient (Wildman–Crippen LogP) is 2.30. The van der Waals surface area contributed by atoms with Gasteiger partial charge in [-0.3, -0.25) is 4.99 Å². The third kappa shape index (κ3) is 1.53. The molecule has 1 aliphatic heterocycles. The lowest BCUT2D eigenvalue weighted by molar-refractivity contribution is 0.900. The fourth-order valence-electron chi connectivity index (χ4n) is 1.76. The van der Waals surface area contributed by atoms with Gasteiger partial charge in [0.2, 0.25) is 0 Å². The third-order valence-electron chi connectivity index (χ3n) is 2.50. The summed E-state index contributed by atoms with van der Waals surface area (Å²) in [6.07, 6.45) is 7.53. The van der Waals surface area contributed by atoms with Gasteiger partial charge in [0.15, 0.2) is 0 Å². The zero-order valence-corrected chi connectivity index (χ0v) is 9.95. The maximum absolute atomic E-state index is 4.31. The van der Waals surface area contributed by atoms with Gasteiger partial charge in [0.25, 0.3) is 0 Å². The van der Waals surface area contributed by atoms with Crippen LogP contribution >= 0.6 is 15.9 Å². The Labute approximate surface area is 101 Å². The highest BCUT2D eigenvalue weighted by Gasteiger charge is 2.10. The van der Waals surface area contributed by atoms with E-state index in [1.807, 2.05) is 18.5 Å². The number of halogens is 1. The fourth-order valence-corrected chi connectivity index (χ4v) is 2.09. The molecule has 0 amide bonds. The van der Waals surface area contributed by atoms with Crippen molar-refractivity contribution in [1.29, 1.82) is 0 Å². The Morgan fingerprint density at radius 2 is 2.31 bits per heavy atom. The number of aromatic nitrogens is 2. The summed E-state index contributed by atoms with van der Waals surface area (Å²) in [6, 6.07) is 2.06. The summed E-state index contributed by atoms with van der Waals surface area (Å²) in [5, 5.41) is 4.33. The van der Waals surface area contributed by atoms with Gasteiger partial charge in [0, 0.05) is 39.7 Å². The number of H-pyrrole nitrogens is 1. The lowest BCUT2D eigenvalue weighted by Crippen LogP contribution is -2.15. The number of aliphatic imine (C=N–C) groups is 1. The van der Waals surface area contributed by atoms with Gasteiger partial charge < -0.3 is 10.3 Å². The SMILES string of the molecule is Brc1cnc2[nH]cc(C3=CC=NCN3)c2c1. The summed E-state index contributed by atoms with van der Waals surface area (Å²) in [5.41, 5.74) is 3.08. The summed E-state index contributed by atoms with van der Waals surface area (Å²) in [5.74, 6) is 0. The summed E-state index contributed by atoms with van der Waals surface area (Å²) in [4.78, 5) is 11.5. The number of pyridine rings is 1. The van der Waals surface area contributed by atoms with Gasteiger partial charge in [0.05, 0.1) is 0 Å². The molecule has 0 atom stereocenters. The second-order valence-electron chi connectivity index (χ2n) is 3.50. The molecule has 2 aromatic rings. The van der Waals surface area contributed by atoms with Gasteiger partial charge in [-0.05, 0) is 28.1 Å². The molecule has 2 N–H and O–H groups in total. The predicted molar refractivity (Wildman–Crippen MR) is 68.3 cm³/mol. The van der Waals surface area contributed by atoms with Crippen LogP contribution in [0.2, 0.25) is 0 Å². The highest BCUT2D eigenvalue weighted by Crippen LogP contribution is 2.25. The average molecular weight is 277 g/mol. The average Bonchev–Trinajstić information content (AvgIpc) is 2.73. The lowest BCUT2D eigenvalue weighted by Gasteiger charge is -2.10. The topological polar surface area (TPSA) is 53.1 Å². The molecular weight excluding hydrogens is 268 g/mol. The maximum atomic E-state index is 4.31. The Kier molecular flexibility index (Phi) is 2.25. The van der Waals surface area contributed by atoms with Crippen LogP contribution in [0.4, 0.5) is 0 Å². The molecule has 0 saturated heterocycles.